The highest BCUT2D eigenvalue weighted by Crippen LogP contribution is 2.43. The van der Waals surface area contributed by atoms with Crippen LogP contribution in [-0.2, 0) is 32.7 Å². The van der Waals surface area contributed by atoms with Crippen molar-refractivity contribution in [2.24, 2.45) is 5.73 Å². The van der Waals surface area contributed by atoms with Crippen LogP contribution in [0, 0.1) is 0 Å². The van der Waals surface area contributed by atoms with E-state index in [2.05, 4.69) is 123 Å². The van der Waals surface area contributed by atoms with Crippen molar-refractivity contribution in [2.75, 3.05) is 26.4 Å². The molecule has 0 heterocycles. The molecule has 2 unspecified atom stereocenters. The molecule has 0 bridgehead atoms. The predicted octanol–water partition coefficient (Wildman–Crippen LogP) is 28.0. The number of hydrogen-bond donors (Lipinski definition) is 2. The average molecular weight is 1380 g/mol. The van der Waals surface area contributed by atoms with Crippen LogP contribution in [0.3, 0.4) is 0 Å². The molecular formula is C87H156NO8P. The zero-order valence-electron chi connectivity index (χ0n) is 63.6. The second-order valence-electron chi connectivity index (χ2n) is 27.6. The Kier molecular flexibility index (Phi) is 78.8. The maximum Gasteiger partial charge on any atom is 0.472 e. The van der Waals surface area contributed by atoms with Gasteiger partial charge in [-0.25, -0.2) is 4.57 Å². The third kappa shape index (κ3) is 81.5. The van der Waals surface area contributed by atoms with Gasteiger partial charge in [0.05, 0.1) is 13.2 Å². The number of ether oxygens (including phenoxy) is 2. The van der Waals surface area contributed by atoms with Gasteiger partial charge in [0, 0.05) is 19.4 Å². The second kappa shape index (κ2) is 81.6. The second-order valence-corrected chi connectivity index (χ2v) is 29.1. The third-order valence-corrected chi connectivity index (χ3v) is 19.1. The smallest absolute Gasteiger partial charge is 0.462 e. The fraction of sp³-hybridized carbons (Fsp3) is 0.770. The van der Waals surface area contributed by atoms with E-state index in [0.29, 0.717) is 6.42 Å². The Morgan fingerprint density at radius 2 is 0.567 bits per heavy atom. The lowest BCUT2D eigenvalue weighted by Gasteiger charge is -2.19. The number of esters is 2. The topological polar surface area (TPSA) is 134 Å². The zero-order valence-corrected chi connectivity index (χ0v) is 64.4. The number of nitrogens with two attached hydrogens (primary N) is 1. The molecule has 97 heavy (non-hydrogen) atoms. The van der Waals surface area contributed by atoms with Crippen LogP contribution in [0.1, 0.15) is 399 Å². The Balaban J connectivity index is 3.78. The van der Waals surface area contributed by atoms with E-state index in [1.807, 2.05) is 0 Å². The summed E-state index contributed by atoms with van der Waals surface area (Å²) >= 11 is 0. The molecule has 0 aliphatic rings. The van der Waals surface area contributed by atoms with Crippen LogP contribution < -0.4 is 5.73 Å². The number of unbranched alkanes of at least 4 members (excludes halogenated alkanes) is 47. The molecule has 2 atom stereocenters. The number of allylic oxidation sites excluding steroid dienone is 18. The van der Waals surface area contributed by atoms with Gasteiger partial charge >= 0.3 is 19.8 Å². The van der Waals surface area contributed by atoms with E-state index in [-0.39, 0.29) is 38.6 Å². The molecule has 0 spiro atoms. The number of carbonyl (C=O) groups is 2. The monoisotopic (exact) mass is 1370 g/mol. The molecule has 10 heteroatoms. The first kappa shape index (κ1) is 93.7. The van der Waals surface area contributed by atoms with Crippen LogP contribution in [0.2, 0.25) is 0 Å². The van der Waals surface area contributed by atoms with E-state index in [4.69, 9.17) is 24.3 Å². The molecule has 562 valence electrons. The van der Waals surface area contributed by atoms with Gasteiger partial charge in [0.25, 0.3) is 0 Å². The molecule has 0 radical (unpaired) electrons. The summed E-state index contributed by atoms with van der Waals surface area (Å²) in [6.45, 7) is 3.68. The van der Waals surface area contributed by atoms with Crippen molar-refractivity contribution in [3.63, 3.8) is 0 Å². The molecule has 0 aliphatic heterocycles. The molecule has 0 aromatic rings. The largest absolute Gasteiger partial charge is 0.472 e. The van der Waals surface area contributed by atoms with Crippen LogP contribution in [0.4, 0.5) is 0 Å². The van der Waals surface area contributed by atoms with Crippen molar-refractivity contribution >= 4 is 19.8 Å². The fourth-order valence-electron chi connectivity index (χ4n) is 12.1. The average Bonchev–Trinajstić information content (AvgIpc) is 2.88. The van der Waals surface area contributed by atoms with E-state index in [1.165, 1.54) is 276 Å². The number of phosphoric acid groups is 1. The van der Waals surface area contributed by atoms with E-state index in [0.717, 1.165) is 89.9 Å². The van der Waals surface area contributed by atoms with Gasteiger partial charge in [0.1, 0.15) is 6.61 Å². The number of rotatable bonds is 78. The SMILES string of the molecule is CC/C=C\C/C=C\C/C=C\C/C=C\C/C=C\C/C=C\C/C=C\CCCCCCCCCCCCCCCCCCCC(=O)OC(COC(=O)CCCCCCCCCCCCCCCCCCCCCCCCCCC/C=C\C/C=C\CCCCCCC)COP(=O)(O)OCCN. The van der Waals surface area contributed by atoms with Crippen molar-refractivity contribution in [1.82, 2.24) is 0 Å². The standard InChI is InChI=1S/C87H156NO8P/c1-3-5-7-9-11-13-15-17-19-21-23-25-27-29-31-33-35-37-39-41-42-44-46-48-50-52-54-56-58-60-62-64-66-68-70-72-74-76-78-80-87(90)96-85(84-95-97(91,92)94-82-81-88)83-93-86(89)79-77-75-73-71-69-67-65-63-61-59-57-55-53-51-49-47-45-43-40-38-36-34-32-30-28-26-24-22-20-18-16-14-12-10-8-6-4-2/h5,7,11,13,16-19,22-25,29,31,35,37,41-42,85H,3-4,6,8-10,12,14-15,20-21,26-28,30,32-34,36,38-40,43-84,88H2,1-2H3,(H,91,92)/b7-5-,13-11-,18-16-,19-17-,24-22-,25-23-,31-29-,37-35-,42-41-. The first-order valence-corrected chi connectivity index (χ1v) is 42.9. The Hall–Kier alpha value is -3.33. The summed E-state index contributed by atoms with van der Waals surface area (Å²) in [6, 6.07) is 0. The van der Waals surface area contributed by atoms with Crippen molar-refractivity contribution in [1.29, 1.82) is 0 Å². The zero-order chi connectivity index (χ0) is 70.0. The van der Waals surface area contributed by atoms with Crippen molar-refractivity contribution in [3.05, 3.63) is 109 Å². The minimum Gasteiger partial charge on any atom is -0.462 e. The molecule has 0 aromatic carbocycles. The van der Waals surface area contributed by atoms with Gasteiger partial charge in [-0.2, -0.15) is 0 Å². The van der Waals surface area contributed by atoms with Crippen molar-refractivity contribution in [3.8, 4) is 0 Å². The lowest BCUT2D eigenvalue weighted by molar-refractivity contribution is -0.161. The molecular weight excluding hydrogens is 1220 g/mol. The van der Waals surface area contributed by atoms with E-state index in [1.54, 1.807) is 0 Å². The Morgan fingerprint density at radius 3 is 0.845 bits per heavy atom. The highest BCUT2D eigenvalue weighted by atomic mass is 31.2. The van der Waals surface area contributed by atoms with Crippen molar-refractivity contribution in [2.45, 2.75) is 405 Å². The molecule has 0 saturated heterocycles. The Labute approximate surface area is 600 Å². The summed E-state index contributed by atoms with van der Waals surface area (Å²) in [5, 5.41) is 0. The number of carbonyl (C=O) groups excluding carboxylic acids is 2. The van der Waals surface area contributed by atoms with E-state index < -0.39 is 26.5 Å². The molecule has 0 saturated carbocycles. The van der Waals surface area contributed by atoms with Crippen molar-refractivity contribution < 1.29 is 37.6 Å². The quantitative estimate of drug-likeness (QED) is 0.0264. The molecule has 9 nitrogen and oxygen atoms in total. The molecule has 3 N–H and O–H groups in total. The van der Waals surface area contributed by atoms with Gasteiger partial charge in [0.2, 0.25) is 0 Å². The van der Waals surface area contributed by atoms with Gasteiger partial charge < -0.3 is 20.1 Å². The van der Waals surface area contributed by atoms with Gasteiger partial charge in [-0.15, -0.1) is 0 Å². The summed E-state index contributed by atoms with van der Waals surface area (Å²) in [7, 11) is -4.40. The summed E-state index contributed by atoms with van der Waals surface area (Å²) in [6.07, 6.45) is 114. The van der Waals surface area contributed by atoms with E-state index >= 15 is 0 Å². The van der Waals surface area contributed by atoms with Crippen LogP contribution in [0.15, 0.2) is 109 Å². The highest BCUT2D eigenvalue weighted by molar-refractivity contribution is 7.47. The van der Waals surface area contributed by atoms with Crippen LogP contribution in [0.25, 0.3) is 0 Å². The first-order chi connectivity index (χ1) is 47.8. The lowest BCUT2D eigenvalue weighted by Crippen LogP contribution is -2.29. The summed E-state index contributed by atoms with van der Waals surface area (Å²) in [4.78, 5) is 35.5. The van der Waals surface area contributed by atoms with Gasteiger partial charge in [-0.1, -0.05) is 393 Å². The fourth-order valence-corrected chi connectivity index (χ4v) is 12.8. The minimum absolute atomic E-state index is 0.0527. The molecule has 0 fully saturated rings. The maximum absolute atomic E-state index is 12.8. The predicted molar refractivity (Wildman–Crippen MR) is 422 cm³/mol. The van der Waals surface area contributed by atoms with Gasteiger partial charge in [-0.3, -0.25) is 18.6 Å². The summed E-state index contributed by atoms with van der Waals surface area (Å²) < 4.78 is 33.3. The Morgan fingerprint density at radius 1 is 0.320 bits per heavy atom. The number of phosphoric ester groups is 1. The van der Waals surface area contributed by atoms with Gasteiger partial charge in [0.15, 0.2) is 6.10 Å². The molecule has 0 amide bonds. The summed E-state index contributed by atoms with van der Waals surface area (Å²) in [5.74, 6) is -0.810. The van der Waals surface area contributed by atoms with E-state index in [9.17, 15) is 19.0 Å². The lowest BCUT2D eigenvalue weighted by atomic mass is 10.0. The molecule has 0 aliphatic carbocycles. The molecule has 0 rings (SSSR count). The number of hydrogen-bond acceptors (Lipinski definition) is 8. The van der Waals surface area contributed by atoms with Crippen LogP contribution in [0.5, 0.6) is 0 Å². The summed E-state index contributed by atoms with van der Waals surface area (Å²) in [5.41, 5.74) is 5.42. The first-order valence-electron chi connectivity index (χ1n) is 41.4. The molecule has 0 aromatic heterocycles. The normalized spacial score (nSPS) is 13.4. The van der Waals surface area contributed by atoms with Gasteiger partial charge in [-0.05, 0) is 103 Å². The minimum atomic E-state index is -4.40. The highest BCUT2D eigenvalue weighted by Gasteiger charge is 2.26. The van der Waals surface area contributed by atoms with Crippen LogP contribution >= 0.6 is 7.82 Å². The Bertz CT molecular complexity index is 1970. The maximum atomic E-state index is 12.8. The third-order valence-electron chi connectivity index (χ3n) is 18.1. The van der Waals surface area contributed by atoms with Crippen LogP contribution in [-0.4, -0.2) is 49.3 Å².